The van der Waals surface area contributed by atoms with Gasteiger partial charge in [0, 0.05) is 23.6 Å². The molecule has 0 saturated heterocycles. The van der Waals surface area contributed by atoms with Crippen molar-refractivity contribution in [1.82, 2.24) is 4.98 Å². The van der Waals surface area contributed by atoms with E-state index >= 15 is 0 Å². The van der Waals surface area contributed by atoms with E-state index in [4.69, 9.17) is 9.47 Å². The van der Waals surface area contributed by atoms with Gasteiger partial charge >= 0.3 is 5.97 Å². The lowest BCUT2D eigenvalue weighted by Gasteiger charge is -2.20. The minimum atomic E-state index is -1.06. The number of aliphatic imine (C=N–C) groups is 1. The van der Waals surface area contributed by atoms with E-state index in [1.54, 1.807) is 24.5 Å². The number of nitrogens with one attached hydrogen (secondary N) is 1. The molecule has 0 amide bonds. The van der Waals surface area contributed by atoms with E-state index in [1.807, 2.05) is 31.2 Å². The normalized spacial score (nSPS) is 17.3. The van der Waals surface area contributed by atoms with Crippen molar-refractivity contribution >= 4 is 23.1 Å². The summed E-state index contributed by atoms with van der Waals surface area (Å²) in [4.78, 5) is 20.5. The lowest BCUT2D eigenvalue weighted by Crippen LogP contribution is -2.30. The van der Waals surface area contributed by atoms with Crippen molar-refractivity contribution in [2.45, 2.75) is 19.0 Å². The van der Waals surface area contributed by atoms with Crippen LogP contribution in [0.1, 0.15) is 24.1 Å². The first-order valence-corrected chi connectivity index (χ1v) is 8.45. The molecule has 1 aromatic heterocycles. The third kappa shape index (κ3) is 3.62. The number of aromatic nitrogens is 1. The first-order valence-electron chi connectivity index (χ1n) is 8.45. The van der Waals surface area contributed by atoms with E-state index in [-0.39, 0.29) is 6.04 Å². The van der Waals surface area contributed by atoms with Gasteiger partial charge in [-0.15, -0.1) is 0 Å². The SMILES string of the molecule is COC1=C(OC)c2ccccc2[C@@H](C(=O)O)N=C1[C@H](C)Nc1ccncc1. The van der Waals surface area contributed by atoms with Crippen LogP contribution in [-0.2, 0) is 14.3 Å². The predicted molar refractivity (Wildman–Crippen MR) is 103 cm³/mol. The summed E-state index contributed by atoms with van der Waals surface area (Å²) in [6.45, 7) is 1.89. The number of carboxylic acid groups (broad SMARTS) is 1. The molecular weight excluding hydrogens is 346 g/mol. The van der Waals surface area contributed by atoms with Crippen LogP contribution in [0.4, 0.5) is 5.69 Å². The second kappa shape index (κ2) is 7.90. The molecule has 7 heteroatoms. The molecule has 1 aliphatic rings. The van der Waals surface area contributed by atoms with Crippen LogP contribution in [0.5, 0.6) is 0 Å². The van der Waals surface area contributed by atoms with Gasteiger partial charge in [-0.05, 0) is 24.6 Å². The highest BCUT2D eigenvalue weighted by molar-refractivity contribution is 6.10. The lowest BCUT2D eigenvalue weighted by molar-refractivity contribution is -0.138. The number of anilines is 1. The Morgan fingerprint density at radius 3 is 2.41 bits per heavy atom. The van der Waals surface area contributed by atoms with Crippen molar-refractivity contribution in [2.24, 2.45) is 4.99 Å². The van der Waals surface area contributed by atoms with Crippen LogP contribution in [0, 0.1) is 0 Å². The zero-order valence-electron chi connectivity index (χ0n) is 15.3. The molecule has 0 aliphatic carbocycles. The van der Waals surface area contributed by atoms with Gasteiger partial charge in [0.2, 0.25) is 0 Å². The molecule has 27 heavy (non-hydrogen) atoms. The van der Waals surface area contributed by atoms with Gasteiger partial charge in [-0.2, -0.15) is 0 Å². The van der Waals surface area contributed by atoms with Crippen LogP contribution >= 0.6 is 0 Å². The summed E-state index contributed by atoms with van der Waals surface area (Å²) in [7, 11) is 3.05. The highest BCUT2D eigenvalue weighted by atomic mass is 16.5. The molecule has 0 fully saturated rings. The maximum Gasteiger partial charge on any atom is 0.333 e. The van der Waals surface area contributed by atoms with Gasteiger partial charge in [-0.3, -0.25) is 9.98 Å². The monoisotopic (exact) mass is 367 g/mol. The Balaban J connectivity index is 2.14. The van der Waals surface area contributed by atoms with E-state index in [1.165, 1.54) is 14.2 Å². The minimum absolute atomic E-state index is 0.330. The van der Waals surface area contributed by atoms with Crippen molar-refractivity contribution in [3.05, 3.63) is 65.7 Å². The van der Waals surface area contributed by atoms with Crippen molar-refractivity contribution in [3.63, 3.8) is 0 Å². The first kappa shape index (κ1) is 18.4. The van der Waals surface area contributed by atoms with E-state index in [0.717, 1.165) is 5.69 Å². The molecule has 0 radical (unpaired) electrons. The topological polar surface area (TPSA) is 93.0 Å². The molecule has 140 valence electrons. The molecule has 2 heterocycles. The maximum atomic E-state index is 12.0. The van der Waals surface area contributed by atoms with E-state index in [2.05, 4.69) is 15.3 Å². The minimum Gasteiger partial charge on any atom is -0.492 e. The van der Waals surface area contributed by atoms with E-state index < -0.39 is 12.0 Å². The zero-order chi connectivity index (χ0) is 19.4. The molecule has 7 nitrogen and oxygen atoms in total. The number of hydrogen-bond acceptors (Lipinski definition) is 6. The van der Waals surface area contributed by atoms with Gasteiger partial charge in [-0.1, -0.05) is 24.3 Å². The average Bonchev–Trinajstić information content (AvgIpc) is 2.82. The van der Waals surface area contributed by atoms with Crippen LogP contribution in [0.15, 0.2) is 59.5 Å². The number of ether oxygens (including phenoxy) is 2. The molecule has 0 unspecified atom stereocenters. The van der Waals surface area contributed by atoms with Crippen LogP contribution < -0.4 is 5.32 Å². The Morgan fingerprint density at radius 1 is 1.11 bits per heavy atom. The van der Waals surface area contributed by atoms with Crippen LogP contribution in [-0.4, -0.2) is 42.0 Å². The molecule has 1 aromatic carbocycles. The number of benzene rings is 1. The molecule has 2 atom stereocenters. The number of carbonyl (C=O) groups is 1. The Hall–Kier alpha value is -3.35. The van der Waals surface area contributed by atoms with Gasteiger partial charge < -0.3 is 19.9 Å². The zero-order valence-corrected chi connectivity index (χ0v) is 15.3. The smallest absolute Gasteiger partial charge is 0.333 e. The molecule has 1 aliphatic heterocycles. The number of carboxylic acids is 1. The summed E-state index contributed by atoms with van der Waals surface area (Å²) in [5, 5.41) is 13.1. The molecule has 0 bridgehead atoms. The average molecular weight is 367 g/mol. The summed E-state index contributed by atoms with van der Waals surface area (Å²) >= 11 is 0. The van der Waals surface area contributed by atoms with Gasteiger partial charge in [0.1, 0.15) is 5.71 Å². The summed E-state index contributed by atoms with van der Waals surface area (Å²) in [6.07, 6.45) is 3.35. The van der Waals surface area contributed by atoms with Crippen molar-refractivity contribution < 1.29 is 19.4 Å². The number of pyridine rings is 1. The molecule has 2 N–H and O–H groups in total. The second-order valence-corrected chi connectivity index (χ2v) is 6.01. The van der Waals surface area contributed by atoms with Crippen LogP contribution in [0.3, 0.4) is 0 Å². The first-order chi connectivity index (χ1) is 13.1. The Labute approximate surface area is 157 Å². The van der Waals surface area contributed by atoms with Crippen molar-refractivity contribution in [2.75, 3.05) is 19.5 Å². The Morgan fingerprint density at radius 2 is 1.78 bits per heavy atom. The number of aliphatic carboxylic acids is 1. The number of hydrogen-bond donors (Lipinski definition) is 2. The van der Waals surface area contributed by atoms with Gasteiger partial charge in [0.15, 0.2) is 17.6 Å². The molecular formula is C20H21N3O4. The highest BCUT2D eigenvalue weighted by Crippen LogP contribution is 2.35. The number of rotatable bonds is 6. The van der Waals surface area contributed by atoms with Crippen LogP contribution in [0.25, 0.3) is 5.76 Å². The van der Waals surface area contributed by atoms with Gasteiger partial charge in [0.05, 0.1) is 20.3 Å². The van der Waals surface area contributed by atoms with E-state index in [0.29, 0.717) is 28.4 Å². The molecule has 0 spiro atoms. The summed E-state index contributed by atoms with van der Waals surface area (Å²) in [5.41, 5.74) is 2.51. The fraction of sp³-hybridized carbons (Fsp3) is 0.250. The number of nitrogens with zero attached hydrogens (tertiary/aromatic N) is 2. The number of fused-ring (bicyclic) bond motifs is 1. The quantitative estimate of drug-likeness (QED) is 0.815. The van der Waals surface area contributed by atoms with Crippen molar-refractivity contribution in [3.8, 4) is 0 Å². The van der Waals surface area contributed by atoms with Gasteiger partial charge in [0.25, 0.3) is 0 Å². The fourth-order valence-electron chi connectivity index (χ4n) is 3.11. The van der Waals surface area contributed by atoms with Crippen LogP contribution in [0.2, 0.25) is 0 Å². The second-order valence-electron chi connectivity index (χ2n) is 6.01. The summed E-state index contributed by atoms with van der Waals surface area (Å²) in [5.74, 6) is -0.175. The highest BCUT2D eigenvalue weighted by Gasteiger charge is 2.33. The summed E-state index contributed by atoms with van der Waals surface area (Å²) in [6, 6.07) is 9.42. The van der Waals surface area contributed by atoms with E-state index in [9.17, 15) is 9.90 Å². The standard InChI is InChI=1S/C20H21N3O4/c1-12(22-13-8-10-21-11-9-13)16-19(27-3)18(26-2)15-7-5-4-6-14(15)17(23-16)20(24)25/h4-12,17H,1-3H3,(H,21,22)(H,24,25)/t12-,17-/m0/s1. The predicted octanol–water partition coefficient (Wildman–Crippen LogP) is 3.12. The molecule has 2 aromatic rings. The van der Waals surface area contributed by atoms with Crippen molar-refractivity contribution in [1.29, 1.82) is 0 Å². The number of methoxy groups -OCH3 is 2. The fourth-order valence-corrected chi connectivity index (χ4v) is 3.11. The van der Waals surface area contributed by atoms with Gasteiger partial charge in [-0.25, -0.2) is 4.79 Å². The largest absolute Gasteiger partial charge is 0.492 e. The molecule has 3 rings (SSSR count). The molecule has 0 saturated carbocycles. The summed E-state index contributed by atoms with van der Waals surface area (Å²) < 4.78 is 11.2. The third-order valence-electron chi connectivity index (χ3n) is 4.32. The maximum absolute atomic E-state index is 12.0. The lowest BCUT2D eigenvalue weighted by atomic mass is 9.99. The third-order valence-corrected chi connectivity index (χ3v) is 4.32. The Kier molecular flexibility index (Phi) is 5.40. The Bertz CT molecular complexity index is 893.